The van der Waals surface area contributed by atoms with Crippen molar-refractivity contribution in [3.63, 3.8) is 0 Å². The fraction of sp³-hybridized carbons (Fsp3) is 0.560. The molecule has 3 aliphatic rings. The third-order valence-corrected chi connectivity index (χ3v) is 6.83. The Morgan fingerprint density at radius 3 is 2.19 bits per heavy atom. The average molecular weight is 442 g/mol. The monoisotopic (exact) mass is 441 g/mol. The number of hydrogen-bond acceptors (Lipinski definition) is 4. The van der Waals surface area contributed by atoms with Gasteiger partial charge in [-0.3, -0.25) is 19.3 Å². The molecule has 0 radical (unpaired) electrons. The summed E-state index contributed by atoms with van der Waals surface area (Å²) in [6, 6.07) is 5.66. The lowest BCUT2D eigenvalue weighted by Crippen LogP contribution is -2.52. The molecule has 0 spiro atoms. The zero-order valence-corrected chi connectivity index (χ0v) is 18.9. The number of imide groups is 1. The molecular formula is C25H32FN3O3. The molecule has 2 fully saturated rings. The van der Waals surface area contributed by atoms with E-state index < -0.39 is 6.04 Å². The summed E-state index contributed by atoms with van der Waals surface area (Å²) in [5.74, 6) is -1.26. The maximum Gasteiger partial charge on any atom is 0.245 e. The summed E-state index contributed by atoms with van der Waals surface area (Å²) in [4.78, 5) is 45.2. The molecule has 3 unspecified atom stereocenters. The average Bonchev–Trinajstić information content (AvgIpc) is 2.93. The smallest absolute Gasteiger partial charge is 0.245 e. The molecule has 1 aromatic rings. The van der Waals surface area contributed by atoms with Crippen molar-refractivity contribution in [2.24, 2.45) is 17.8 Å². The fourth-order valence-corrected chi connectivity index (χ4v) is 5.16. The SMILES string of the molecule is CC(C)CC(C(=O)N1CCCN(c2ccc(F)cc2)CC1)N1C(=O)C2CC=CCC2C1=O. The first-order valence-electron chi connectivity index (χ1n) is 11.7. The van der Waals surface area contributed by atoms with Crippen LogP contribution in [0.25, 0.3) is 0 Å². The summed E-state index contributed by atoms with van der Waals surface area (Å²) in [7, 11) is 0. The number of anilines is 1. The molecule has 172 valence electrons. The van der Waals surface area contributed by atoms with E-state index in [4.69, 9.17) is 0 Å². The number of hydrogen-bond donors (Lipinski definition) is 0. The molecule has 0 aromatic heterocycles. The number of fused-ring (bicyclic) bond motifs is 1. The van der Waals surface area contributed by atoms with Gasteiger partial charge in [-0.1, -0.05) is 26.0 Å². The van der Waals surface area contributed by atoms with Crippen LogP contribution in [0, 0.1) is 23.6 Å². The Morgan fingerprint density at radius 1 is 0.969 bits per heavy atom. The van der Waals surface area contributed by atoms with E-state index in [1.807, 2.05) is 26.0 Å². The molecule has 2 aliphatic heterocycles. The predicted molar refractivity (Wildman–Crippen MR) is 120 cm³/mol. The fourth-order valence-electron chi connectivity index (χ4n) is 5.16. The summed E-state index contributed by atoms with van der Waals surface area (Å²) >= 11 is 0. The highest BCUT2D eigenvalue weighted by Gasteiger charge is 2.51. The number of rotatable bonds is 5. The molecule has 3 atom stereocenters. The summed E-state index contributed by atoms with van der Waals surface area (Å²) in [5, 5.41) is 0. The standard InChI is InChI=1S/C25H32FN3O3/c1-17(2)16-22(29-23(30)20-6-3-4-7-21(20)24(29)31)25(32)28-13-5-12-27(14-15-28)19-10-8-18(26)9-11-19/h3-4,8-11,17,20-22H,5-7,12-16H2,1-2H3. The van der Waals surface area contributed by atoms with Crippen LogP contribution in [0.2, 0.25) is 0 Å². The second-order valence-electron chi connectivity index (χ2n) is 9.49. The van der Waals surface area contributed by atoms with E-state index in [-0.39, 0.29) is 41.3 Å². The van der Waals surface area contributed by atoms with Crippen molar-refractivity contribution < 1.29 is 18.8 Å². The Bertz CT molecular complexity index is 872. The Balaban J connectivity index is 1.50. The molecule has 2 saturated heterocycles. The van der Waals surface area contributed by atoms with Crippen LogP contribution in [-0.4, -0.2) is 59.7 Å². The third-order valence-electron chi connectivity index (χ3n) is 6.83. The van der Waals surface area contributed by atoms with Crippen LogP contribution in [0.3, 0.4) is 0 Å². The molecule has 6 nitrogen and oxygen atoms in total. The minimum absolute atomic E-state index is 0.132. The first-order chi connectivity index (χ1) is 15.4. The van der Waals surface area contributed by atoms with Gasteiger partial charge in [0.1, 0.15) is 11.9 Å². The number of carbonyl (C=O) groups excluding carboxylic acids is 3. The van der Waals surface area contributed by atoms with E-state index in [0.29, 0.717) is 38.9 Å². The van der Waals surface area contributed by atoms with Gasteiger partial charge in [-0.2, -0.15) is 0 Å². The zero-order valence-electron chi connectivity index (χ0n) is 18.9. The highest BCUT2D eigenvalue weighted by molar-refractivity contribution is 6.08. The van der Waals surface area contributed by atoms with Crippen molar-refractivity contribution in [3.05, 3.63) is 42.2 Å². The third kappa shape index (κ3) is 4.43. The number of allylic oxidation sites excluding steroid dienone is 2. The molecule has 3 amide bonds. The first-order valence-corrected chi connectivity index (χ1v) is 11.7. The Hall–Kier alpha value is -2.70. The highest BCUT2D eigenvalue weighted by atomic mass is 19.1. The van der Waals surface area contributed by atoms with E-state index >= 15 is 0 Å². The van der Waals surface area contributed by atoms with Gasteiger partial charge in [0.15, 0.2) is 0 Å². The minimum Gasteiger partial charge on any atom is -0.370 e. The highest BCUT2D eigenvalue weighted by Crippen LogP contribution is 2.37. The van der Waals surface area contributed by atoms with Gasteiger partial charge in [0, 0.05) is 31.9 Å². The normalized spacial score (nSPS) is 24.7. The van der Waals surface area contributed by atoms with Gasteiger partial charge in [0.05, 0.1) is 11.8 Å². The van der Waals surface area contributed by atoms with Crippen molar-refractivity contribution in [2.75, 3.05) is 31.1 Å². The quantitative estimate of drug-likeness (QED) is 0.520. The van der Waals surface area contributed by atoms with Crippen molar-refractivity contribution in [1.29, 1.82) is 0 Å². The molecule has 0 saturated carbocycles. The number of carbonyl (C=O) groups is 3. The van der Waals surface area contributed by atoms with Crippen LogP contribution < -0.4 is 4.90 Å². The molecule has 32 heavy (non-hydrogen) atoms. The summed E-state index contributed by atoms with van der Waals surface area (Å²) in [6.45, 7) is 6.51. The molecule has 0 N–H and O–H groups in total. The van der Waals surface area contributed by atoms with Crippen molar-refractivity contribution in [3.8, 4) is 0 Å². The number of nitrogens with zero attached hydrogens (tertiary/aromatic N) is 3. The van der Waals surface area contributed by atoms with Crippen LogP contribution in [0.1, 0.15) is 39.5 Å². The van der Waals surface area contributed by atoms with Crippen LogP contribution in [0.5, 0.6) is 0 Å². The second kappa shape index (κ2) is 9.43. The van der Waals surface area contributed by atoms with E-state index in [2.05, 4.69) is 4.90 Å². The largest absolute Gasteiger partial charge is 0.370 e. The number of benzene rings is 1. The lowest BCUT2D eigenvalue weighted by Gasteiger charge is -2.32. The van der Waals surface area contributed by atoms with Crippen molar-refractivity contribution in [2.45, 2.75) is 45.6 Å². The van der Waals surface area contributed by atoms with E-state index in [9.17, 15) is 18.8 Å². The Labute approximate surface area is 189 Å². The first kappa shape index (κ1) is 22.5. The molecule has 4 rings (SSSR count). The summed E-state index contributed by atoms with van der Waals surface area (Å²) < 4.78 is 13.3. The molecule has 2 heterocycles. The Kier molecular flexibility index (Phi) is 6.63. The van der Waals surface area contributed by atoms with Crippen molar-refractivity contribution in [1.82, 2.24) is 9.80 Å². The molecular weight excluding hydrogens is 409 g/mol. The van der Waals surface area contributed by atoms with Crippen LogP contribution in [0.15, 0.2) is 36.4 Å². The van der Waals surface area contributed by atoms with Crippen LogP contribution in [0.4, 0.5) is 10.1 Å². The van der Waals surface area contributed by atoms with E-state index in [1.54, 1.807) is 17.0 Å². The molecule has 1 aliphatic carbocycles. The van der Waals surface area contributed by atoms with Gasteiger partial charge in [0.25, 0.3) is 0 Å². The predicted octanol–water partition coefficient (Wildman–Crippen LogP) is 3.23. The summed E-state index contributed by atoms with van der Waals surface area (Å²) in [6.07, 6.45) is 6.33. The second-order valence-corrected chi connectivity index (χ2v) is 9.49. The van der Waals surface area contributed by atoms with Gasteiger partial charge in [-0.15, -0.1) is 0 Å². The number of amides is 3. The molecule has 7 heteroatoms. The zero-order chi connectivity index (χ0) is 22.8. The lowest BCUT2D eigenvalue weighted by molar-refractivity contribution is -0.152. The Morgan fingerprint density at radius 2 is 1.59 bits per heavy atom. The summed E-state index contributed by atoms with van der Waals surface area (Å²) in [5.41, 5.74) is 0.931. The molecule has 0 bridgehead atoms. The van der Waals surface area contributed by atoms with Crippen LogP contribution in [-0.2, 0) is 14.4 Å². The van der Waals surface area contributed by atoms with Gasteiger partial charge < -0.3 is 9.80 Å². The van der Waals surface area contributed by atoms with E-state index in [1.165, 1.54) is 17.0 Å². The van der Waals surface area contributed by atoms with Crippen LogP contribution >= 0.6 is 0 Å². The maximum atomic E-state index is 13.7. The lowest BCUT2D eigenvalue weighted by atomic mass is 9.85. The maximum absolute atomic E-state index is 13.7. The molecule has 1 aromatic carbocycles. The van der Waals surface area contributed by atoms with Gasteiger partial charge in [-0.05, 0) is 55.9 Å². The van der Waals surface area contributed by atoms with Gasteiger partial charge in [-0.25, -0.2) is 4.39 Å². The minimum atomic E-state index is -0.738. The van der Waals surface area contributed by atoms with Gasteiger partial charge >= 0.3 is 0 Å². The number of halogens is 1. The van der Waals surface area contributed by atoms with Crippen molar-refractivity contribution >= 4 is 23.4 Å². The topological polar surface area (TPSA) is 60.9 Å². The number of likely N-dealkylation sites (tertiary alicyclic amines) is 1. The van der Waals surface area contributed by atoms with Gasteiger partial charge in [0.2, 0.25) is 17.7 Å². The van der Waals surface area contributed by atoms with E-state index in [0.717, 1.165) is 18.7 Å².